The highest BCUT2D eigenvalue weighted by molar-refractivity contribution is 7.80. The Morgan fingerprint density at radius 2 is 0.773 bits per heavy atom. The molecule has 6 N–H and O–H groups in total. The van der Waals surface area contributed by atoms with Crippen molar-refractivity contribution in [3.05, 3.63) is 0 Å². The molecule has 1 saturated heterocycles. The summed E-state index contributed by atoms with van der Waals surface area (Å²) >= 11 is 0. The van der Waals surface area contributed by atoms with E-state index in [0.29, 0.717) is 12.8 Å². The van der Waals surface area contributed by atoms with E-state index < -0.39 is 59.9 Å². The molecule has 1 aliphatic heterocycles. The zero-order chi connectivity index (χ0) is 54.7. The summed E-state index contributed by atoms with van der Waals surface area (Å²) in [5, 5.41) is 45.3. The average molecular weight is 1090 g/mol. The van der Waals surface area contributed by atoms with Gasteiger partial charge in [0.15, 0.2) is 6.29 Å². The van der Waals surface area contributed by atoms with Gasteiger partial charge in [-0.2, -0.15) is 8.42 Å². The molecule has 1 aliphatic rings. The van der Waals surface area contributed by atoms with Crippen LogP contribution in [0.15, 0.2) is 0 Å². The number of aliphatic hydroxyl groups is 4. The fourth-order valence-corrected chi connectivity index (χ4v) is 11.4. The van der Waals surface area contributed by atoms with Gasteiger partial charge in [0.1, 0.15) is 24.4 Å². The van der Waals surface area contributed by atoms with Crippen molar-refractivity contribution in [3.63, 3.8) is 0 Å². The molecular formula is C62H123NO11S. The lowest BCUT2D eigenvalue weighted by Gasteiger charge is -2.41. The van der Waals surface area contributed by atoms with Gasteiger partial charge in [-0.15, -0.1) is 0 Å². The van der Waals surface area contributed by atoms with Crippen LogP contribution in [0, 0.1) is 0 Å². The normalized spacial score (nSPS) is 18.9. The largest absolute Gasteiger partial charge is 0.397 e. The first-order chi connectivity index (χ1) is 36.5. The summed E-state index contributed by atoms with van der Waals surface area (Å²) < 4.78 is 48.0. The number of hydrogen-bond acceptors (Lipinski definition) is 10. The molecule has 13 heteroatoms. The van der Waals surface area contributed by atoms with Gasteiger partial charge in [-0.05, 0) is 12.8 Å². The molecule has 0 radical (unpaired) electrons. The maximum atomic E-state index is 13.2. The summed E-state index contributed by atoms with van der Waals surface area (Å²) in [4.78, 5) is 13.2. The molecule has 1 heterocycles. The highest BCUT2D eigenvalue weighted by atomic mass is 32.3. The van der Waals surface area contributed by atoms with Crippen LogP contribution in [0.3, 0.4) is 0 Å². The van der Waals surface area contributed by atoms with Gasteiger partial charge in [0, 0.05) is 6.42 Å². The molecule has 1 fully saturated rings. The summed E-state index contributed by atoms with van der Waals surface area (Å²) in [7, 11) is -5.08. The number of aliphatic hydroxyl groups excluding tert-OH is 4. The predicted molar refractivity (Wildman–Crippen MR) is 310 cm³/mol. The van der Waals surface area contributed by atoms with Crippen molar-refractivity contribution < 1.29 is 51.8 Å². The van der Waals surface area contributed by atoms with Gasteiger partial charge < -0.3 is 35.2 Å². The molecule has 448 valence electrons. The van der Waals surface area contributed by atoms with Crippen LogP contribution in [0.25, 0.3) is 0 Å². The zero-order valence-electron chi connectivity index (χ0n) is 48.9. The Kier molecular flexibility index (Phi) is 50.5. The molecule has 75 heavy (non-hydrogen) atoms. The first kappa shape index (κ1) is 72.1. The van der Waals surface area contributed by atoms with Crippen LogP contribution in [-0.4, -0.2) is 95.4 Å². The number of rotatable bonds is 58. The lowest BCUT2D eigenvalue weighted by Crippen LogP contribution is -2.61. The number of nitrogens with one attached hydrogen (secondary N) is 1. The third kappa shape index (κ3) is 44.5. The fourth-order valence-electron chi connectivity index (χ4n) is 10.9. The van der Waals surface area contributed by atoms with Crippen molar-refractivity contribution in [2.45, 2.75) is 378 Å². The van der Waals surface area contributed by atoms with E-state index in [9.17, 15) is 38.2 Å². The zero-order valence-corrected chi connectivity index (χ0v) is 49.7. The Balaban J connectivity index is 2.28. The number of ether oxygens (including phenoxy) is 2. The van der Waals surface area contributed by atoms with E-state index in [1.165, 1.54) is 257 Å². The van der Waals surface area contributed by atoms with E-state index in [4.69, 9.17) is 9.47 Å². The third-order valence-electron chi connectivity index (χ3n) is 15.9. The van der Waals surface area contributed by atoms with Gasteiger partial charge in [-0.25, -0.2) is 4.18 Å². The number of carbonyl (C=O) groups is 1. The second-order valence-corrected chi connectivity index (χ2v) is 24.1. The van der Waals surface area contributed by atoms with Crippen LogP contribution >= 0.6 is 0 Å². The molecular weight excluding hydrogens is 967 g/mol. The number of amides is 1. The smallest absolute Gasteiger partial charge is 0.394 e. The molecule has 7 atom stereocenters. The Morgan fingerprint density at radius 3 is 1.07 bits per heavy atom. The van der Waals surface area contributed by atoms with Crippen LogP contribution in [0.1, 0.15) is 335 Å². The van der Waals surface area contributed by atoms with E-state index in [0.717, 1.165) is 51.4 Å². The Bertz CT molecular complexity index is 1330. The first-order valence-electron chi connectivity index (χ1n) is 32.4. The minimum atomic E-state index is -5.08. The quantitative estimate of drug-likeness (QED) is 0.0251. The molecule has 0 saturated carbocycles. The highest BCUT2D eigenvalue weighted by Gasteiger charge is 2.48. The van der Waals surface area contributed by atoms with E-state index in [1.54, 1.807) is 0 Å². The lowest BCUT2D eigenvalue weighted by atomic mass is 9.99. The number of hydrogen-bond donors (Lipinski definition) is 6. The van der Waals surface area contributed by atoms with Crippen LogP contribution in [0.5, 0.6) is 0 Å². The van der Waals surface area contributed by atoms with Crippen LogP contribution in [0.2, 0.25) is 0 Å². The Hall–Kier alpha value is -0.900. The topological polar surface area (TPSA) is 192 Å². The summed E-state index contributed by atoms with van der Waals surface area (Å²) in [6.07, 6.45) is 54.0. The van der Waals surface area contributed by atoms with Gasteiger partial charge >= 0.3 is 10.4 Å². The first-order valence-corrected chi connectivity index (χ1v) is 33.8. The molecule has 0 aliphatic carbocycles. The van der Waals surface area contributed by atoms with Crippen LogP contribution in [0.4, 0.5) is 0 Å². The number of unbranched alkanes of at least 4 members (excludes halogenated alkanes) is 46. The molecule has 0 aromatic rings. The standard InChI is InChI=1S/C62H123NO11S/c1-3-5-7-9-11-13-15-17-19-21-23-25-27-28-30-31-33-35-37-39-41-43-45-47-49-51-56(65)55(54-72-62-60(68)61(74-75(69,70)71)59(67)57(53-64)73-62)63-58(66)52-50-48-46-44-42-40-38-36-34-32-29-26-24-22-20-18-16-14-12-10-8-6-4-2/h55-57,59-62,64-65,67-68H,3-54H2,1-2H3,(H,63,66)(H,69,70,71). The Morgan fingerprint density at radius 1 is 0.480 bits per heavy atom. The van der Waals surface area contributed by atoms with Gasteiger partial charge in [-0.1, -0.05) is 316 Å². The van der Waals surface area contributed by atoms with Crippen molar-refractivity contribution in [2.75, 3.05) is 13.2 Å². The van der Waals surface area contributed by atoms with E-state index in [-0.39, 0.29) is 12.5 Å². The second kappa shape index (κ2) is 52.5. The molecule has 1 amide bonds. The Labute approximate surface area is 462 Å². The summed E-state index contributed by atoms with van der Waals surface area (Å²) in [6.45, 7) is 3.52. The van der Waals surface area contributed by atoms with Gasteiger partial charge in [0.05, 0.1) is 25.4 Å². The van der Waals surface area contributed by atoms with Gasteiger partial charge in [-0.3, -0.25) is 9.35 Å². The monoisotopic (exact) mass is 1090 g/mol. The summed E-state index contributed by atoms with van der Waals surface area (Å²) in [5.41, 5.74) is 0. The fraction of sp³-hybridized carbons (Fsp3) is 0.984. The van der Waals surface area contributed by atoms with Crippen molar-refractivity contribution in [1.82, 2.24) is 5.32 Å². The minimum absolute atomic E-state index is 0.220. The van der Waals surface area contributed by atoms with E-state index in [1.807, 2.05) is 0 Å². The maximum absolute atomic E-state index is 13.2. The van der Waals surface area contributed by atoms with Crippen LogP contribution < -0.4 is 5.32 Å². The number of carbonyl (C=O) groups excluding carboxylic acids is 1. The second-order valence-electron chi connectivity index (χ2n) is 23.1. The molecule has 12 nitrogen and oxygen atoms in total. The highest BCUT2D eigenvalue weighted by Crippen LogP contribution is 2.27. The molecule has 0 aromatic heterocycles. The lowest BCUT2D eigenvalue weighted by molar-refractivity contribution is -0.298. The van der Waals surface area contributed by atoms with Crippen molar-refractivity contribution in [3.8, 4) is 0 Å². The van der Waals surface area contributed by atoms with Crippen molar-refractivity contribution >= 4 is 16.3 Å². The summed E-state index contributed by atoms with van der Waals surface area (Å²) in [5.74, 6) is -0.220. The summed E-state index contributed by atoms with van der Waals surface area (Å²) in [6, 6.07) is -0.854. The minimum Gasteiger partial charge on any atom is -0.394 e. The van der Waals surface area contributed by atoms with E-state index in [2.05, 4.69) is 23.3 Å². The van der Waals surface area contributed by atoms with Crippen LogP contribution in [-0.2, 0) is 28.9 Å². The van der Waals surface area contributed by atoms with Crippen molar-refractivity contribution in [2.24, 2.45) is 0 Å². The molecule has 0 spiro atoms. The molecule has 0 bridgehead atoms. The maximum Gasteiger partial charge on any atom is 0.397 e. The SMILES string of the molecule is CCCCCCCCCCCCCCCCCCCCCCCCCCCC(O)C(COC1OC(CO)C(O)C(OS(=O)(=O)O)C1O)NC(=O)CCCCCCCCCCCCCCCCCCCCCCCCC. The molecule has 0 aromatic carbocycles. The molecule has 1 rings (SSSR count). The van der Waals surface area contributed by atoms with Gasteiger partial charge in [0.2, 0.25) is 5.91 Å². The average Bonchev–Trinajstić information content (AvgIpc) is 3.39. The van der Waals surface area contributed by atoms with E-state index >= 15 is 0 Å². The molecule has 7 unspecified atom stereocenters. The van der Waals surface area contributed by atoms with Gasteiger partial charge in [0.25, 0.3) is 0 Å². The van der Waals surface area contributed by atoms with Crippen molar-refractivity contribution in [1.29, 1.82) is 0 Å². The third-order valence-corrected chi connectivity index (χ3v) is 16.4. The predicted octanol–water partition coefficient (Wildman–Crippen LogP) is 16.0.